The topological polar surface area (TPSA) is 68.5 Å². The van der Waals surface area contributed by atoms with Gasteiger partial charge in [0.05, 0.1) is 27.3 Å². The van der Waals surface area contributed by atoms with E-state index in [1.165, 1.54) is 17.4 Å². The van der Waals surface area contributed by atoms with Crippen LogP contribution >= 0.6 is 11.3 Å². The highest BCUT2D eigenvalue weighted by Crippen LogP contribution is 2.32. The first-order valence-electron chi connectivity index (χ1n) is 6.48. The summed E-state index contributed by atoms with van der Waals surface area (Å²) in [7, 11) is 0. The van der Waals surface area contributed by atoms with Gasteiger partial charge in [0.1, 0.15) is 0 Å². The summed E-state index contributed by atoms with van der Waals surface area (Å²) >= 11 is 1.49. The lowest BCUT2D eigenvalue weighted by Gasteiger charge is -2.35. The Labute approximate surface area is 120 Å². The van der Waals surface area contributed by atoms with Crippen LogP contribution in [0.4, 0.5) is 10.8 Å². The molecule has 20 heavy (non-hydrogen) atoms. The van der Waals surface area contributed by atoms with Crippen LogP contribution in [0.5, 0.6) is 0 Å². The molecule has 0 unspecified atom stereocenters. The molecule has 0 saturated carbocycles. The van der Waals surface area contributed by atoms with Gasteiger partial charge in [-0.3, -0.25) is 10.1 Å². The van der Waals surface area contributed by atoms with Gasteiger partial charge < -0.3 is 9.64 Å². The molecule has 0 radical (unpaired) electrons. The minimum atomic E-state index is -0.377. The van der Waals surface area contributed by atoms with Gasteiger partial charge in [-0.2, -0.15) is 0 Å². The van der Waals surface area contributed by atoms with Gasteiger partial charge in [-0.25, -0.2) is 4.98 Å². The van der Waals surface area contributed by atoms with Crippen molar-refractivity contribution in [3.8, 4) is 0 Å². The molecule has 0 aliphatic carbocycles. The lowest BCUT2D eigenvalue weighted by atomic mass is 10.2. The lowest BCUT2D eigenvalue weighted by Crippen LogP contribution is -2.45. The molecule has 1 aliphatic heterocycles. The maximum Gasteiger partial charge on any atom is 0.270 e. The number of nitro groups is 1. The molecule has 0 spiro atoms. The van der Waals surface area contributed by atoms with E-state index >= 15 is 0 Å². The lowest BCUT2D eigenvalue weighted by molar-refractivity contribution is -0.384. The molecule has 6 nitrogen and oxygen atoms in total. The van der Waals surface area contributed by atoms with E-state index in [9.17, 15) is 10.1 Å². The van der Waals surface area contributed by atoms with Crippen LogP contribution in [0.2, 0.25) is 0 Å². The van der Waals surface area contributed by atoms with Gasteiger partial charge in [-0.05, 0) is 19.9 Å². The van der Waals surface area contributed by atoms with Crippen LogP contribution in [0.1, 0.15) is 13.8 Å². The largest absolute Gasteiger partial charge is 0.372 e. The number of morpholine rings is 1. The van der Waals surface area contributed by atoms with E-state index in [0.29, 0.717) is 0 Å². The number of hydrogen-bond donors (Lipinski definition) is 0. The van der Waals surface area contributed by atoms with E-state index in [-0.39, 0.29) is 22.8 Å². The first-order valence-corrected chi connectivity index (χ1v) is 7.30. The van der Waals surface area contributed by atoms with Gasteiger partial charge in [0.25, 0.3) is 5.69 Å². The van der Waals surface area contributed by atoms with Crippen molar-refractivity contribution in [2.75, 3.05) is 18.0 Å². The van der Waals surface area contributed by atoms with E-state index in [1.807, 2.05) is 13.8 Å². The van der Waals surface area contributed by atoms with Crippen molar-refractivity contribution in [1.82, 2.24) is 4.98 Å². The molecule has 2 aromatic rings. The number of thiazole rings is 1. The number of rotatable bonds is 2. The van der Waals surface area contributed by atoms with Crippen LogP contribution < -0.4 is 4.90 Å². The zero-order valence-corrected chi connectivity index (χ0v) is 12.1. The summed E-state index contributed by atoms with van der Waals surface area (Å²) in [5.41, 5.74) is 0.916. The molecule has 1 aromatic heterocycles. The second-order valence-electron chi connectivity index (χ2n) is 5.07. The molecule has 1 saturated heterocycles. The van der Waals surface area contributed by atoms with Crippen molar-refractivity contribution in [3.05, 3.63) is 28.3 Å². The fraction of sp³-hybridized carbons (Fsp3) is 0.462. The predicted octanol–water partition coefficient (Wildman–Crippen LogP) is 2.82. The highest BCUT2D eigenvalue weighted by atomic mass is 32.1. The summed E-state index contributed by atoms with van der Waals surface area (Å²) in [6, 6.07) is 4.79. The van der Waals surface area contributed by atoms with Crippen LogP contribution in [0.25, 0.3) is 10.2 Å². The Morgan fingerprint density at radius 2 is 2.10 bits per heavy atom. The van der Waals surface area contributed by atoms with Crippen LogP contribution in [-0.4, -0.2) is 35.2 Å². The summed E-state index contributed by atoms with van der Waals surface area (Å²) in [4.78, 5) is 17.2. The number of non-ortho nitro benzene ring substituents is 1. The Balaban J connectivity index is 1.94. The third-order valence-electron chi connectivity index (χ3n) is 3.26. The zero-order valence-electron chi connectivity index (χ0n) is 11.3. The molecule has 3 rings (SSSR count). The number of anilines is 1. The summed E-state index contributed by atoms with van der Waals surface area (Å²) < 4.78 is 6.56. The average molecular weight is 293 g/mol. The molecular formula is C13H15N3O3S. The van der Waals surface area contributed by atoms with Crippen molar-refractivity contribution >= 4 is 32.4 Å². The molecule has 106 valence electrons. The fourth-order valence-electron chi connectivity index (χ4n) is 2.48. The number of nitrogens with zero attached hydrogens (tertiary/aromatic N) is 3. The summed E-state index contributed by atoms with van der Waals surface area (Å²) in [6.07, 6.45) is 0.334. The van der Waals surface area contributed by atoms with Gasteiger partial charge in [0.2, 0.25) is 0 Å². The first-order chi connectivity index (χ1) is 9.52. The second kappa shape index (κ2) is 4.99. The molecule has 7 heteroatoms. The highest BCUT2D eigenvalue weighted by molar-refractivity contribution is 7.22. The highest BCUT2D eigenvalue weighted by Gasteiger charge is 2.24. The number of fused-ring (bicyclic) bond motifs is 1. The molecule has 0 amide bonds. The maximum atomic E-state index is 10.8. The average Bonchev–Trinajstić information content (AvgIpc) is 2.80. The van der Waals surface area contributed by atoms with Gasteiger partial charge in [-0.15, -0.1) is 0 Å². The fourth-order valence-corrected chi connectivity index (χ4v) is 3.50. The van der Waals surface area contributed by atoms with Crippen molar-refractivity contribution in [2.24, 2.45) is 0 Å². The SMILES string of the molecule is C[C@@H]1CN(c2nc3ccc([N+](=O)[O-])cc3s2)C[C@@H](C)O1. The monoisotopic (exact) mass is 293 g/mol. The van der Waals surface area contributed by atoms with Crippen molar-refractivity contribution in [2.45, 2.75) is 26.1 Å². The number of ether oxygens (including phenoxy) is 1. The van der Waals surface area contributed by atoms with Crippen molar-refractivity contribution < 1.29 is 9.66 Å². The third kappa shape index (κ3) is 2.46. The molecule has 2 atom stereocenters. The van der Waals surface area contributed by atoms with Crippen molar-refractivity contribution in [1.29, 1.82) is 0 Å². The quantitative estimate of drug-likeness (QED) is 0.629. The Bertz CT molecular complexity index is 647. The third-order valence-corrected chi connectivity index (χ3v) is 4.34. The normalized spacial score (nSPS) is 23.2. The van der Waals surface area contributed by atoms with Crippen LogP contribution in [0, 0.1) is 10.1 Å². The van der Waals surface area contributed by atoms with E-state index < -0.39 is 0 Å². The van der Waals surface area contributed by atoms with E-state index in [4.69, 9.17) is 4.74 Å². The Morgan fingerprint density at radius 1 is 1.40 bits per heavy atom. The minimum Gasteiger partial charge on any atom is -0.372 e. The van der Waals surface area contributed by atoms with E-state index in [1.54, 1.807) is 12.1 Å². The molecule has 0 N–H and O–H groups in total. The number of aromatic nitrogens is 1. The second-order valence-corrected chi connectivity index (χ2v) is 6.08. The van der Waals surface area contributed by atoms with Crippen LogP contribution in [0.3, 0.4) is 0 Å². The summed E-state index contributed by atoms with van der Waals surface area (Å²) in [6.45, 7) is 5.68. The Kier molecular flexibility index (Phi) is 3.31. The molecule has 1 aliphatic rings. The zero-order chi connectivity index (χ0) is 14.3. The molecule has 0 bridgehead atoms. The van der Waals surface area contributed by atoms with E-state index in [0.717, 1.165) is 28.4 Å². The van der Waals surface area contributed by atoms with Crippen LogP contribution in [0.15, 0.2) is 18.2 Å². The first kappa shape index (κ1) is 13.3. The number of hydrogen-bond acceptors (Lipinski definition) is 6. The van der Waals surface area contributed by atoms with Gasteiger partial charge in [-0.1, -0.05) is 11.3 Å². The van der Waals surface area contributed by atoms with Gasteiger partial charge >= 0.3 is 0 Å². The van der Waals surface area contributed by atoms with E-state index in [2.05, 4.69) is 9.88 Å². The van der Waals surface area contributed by atoms with Crippen molar-refractivity contribution in [3.63, 3.8) is 0 Å². The number of benzene rings is 1. The minimum absolute atomic E-state index is 0.108. The number of nitro benzene ring substituents is 1. The standard InChI is InChI=1S/C13H15N3O3S/c1-8-6-15(7-9(2)19-8)13-14-11-4-3-10(16(17)18)5-12(11)20-13/h3-5,8-9H,6-7H2,1-2H3/t8-,9-/m1/s1. The smallest absolute Gasteiger partial charge is 0.270 e. The Hall–Kier alpha value is -1.73. The Morgan fingerprint density at radius 3 is 2.75 bits per heavy atom. The molecule has 2 heterocycles. The van der Waals surface area contributed by atoms with Crippen LogP contribution in [-0.2, 0) is 4.74 Å². The summed E-state index contributed by atoms with van der Waals surface area (Å²) in [5, 5.41) is 11.7. The maximum absolute atomic E-state index is 10.8. The summed E-state index contributed by atoms with van der Waals surface area (Å²) in [5.74, 6) is 0. The molecular weight excluding hydrogens is 278 g/mol. The molecule has 1 fully saturated rings. The van der Waals surface area contributed by atoms with Gasteiger partial charge in [0, 0.05) is 25.2 Å². The molecule has 1 aromatic carbocycles. The van der Waals surface area contributed by atoms with Gasteiger partial charge in [0.15, 0.2) is 5.13 Å². The predicted molar refractivity (Wildman–Crippen MR) is 78.5 cm³/mol.